The number of benzene rings is 3. The molecule has 1 unspecified atom stereocenters. The summed E-state index contributed by atoms with van der Waals surface area (Å²) in [4.78, 5) is 51.4. The SMILES string of the molecule is CC(C)(C)OC(=O)CN1CCC(C(=O)NCCOc2ccc(CC(NC(=O)OCC3c4ccccc4-c4ccccc43)C(=O)O)cc2)CC1. The number of carbonyl (C=O) groups excluding carboxylic acids is 3. The Kier molecular flexibility index (Phi) is 11.6. The molecule has 5 rings (SSSR count). The third-order valence-electron chi connectivity index (χ3n) is 8.70. The summed E-state index contributed by atoms with van der Waals surface area (Å²) in [6.45, 7) is 7.76. The van der Waals surface area contributed by atoms with E-state index in [4.69, 9.17) is 14.2 Å². The Morgan fingerprint density at radius 1 is 0.898 bits per heavy atom. The van der Waals surface area contributed by atoms with Crippen molar-refractivity contribution in [3.8, 4) is 16.9 Å². The van der Waals surface area contributed by atoms with Gasteiger partial charge >= 0.3 is 18.0 Å². The third-order valence-corrected chi connectivity index (χ3v) is 8.70. The van der Waals surface area contributed by atoms with Crippen LogP contribution >= 0.6 is 0 Å². The molecule has 3 aromatic rings. The van der Waals surface area contributed by atoms with E-state index < -0.39 is 23.7 Å². The van der Waals surface area contributed by atoms with Gasteiger partial charge in [-0.25, -0.2) is 9.59 Å². The van der Waals surface area contributed by atoms with Gasteiger partial charge in [-0.2, -0.15) is 0 Å². The average molecular weight is 672 g/mol. The maximum atomic E-state index is 12.7. The summed E-state index contributed by atoms with van der Waals surface area (Å²) in [5, 5.41) is 15.2. The van der Waals surface area contributed by atoms with Gasteiger partial charge < -0.3 is 30.0 Å². The van der Waals surface area contributed by atoms with Crippen LogP contribution in [-0.2, 0) is 30.3 Å². The Bertz CT molecular complexity index is 1580. The Balaban J connectivity index is 1.01. The van der Waals surface area contributed by atoms with Crippen molar-refractivity contribution in [2.24, 2.45) is 5.92 Å². The lowest BCUT2D eigenvalue weighted by Gasteiger charge is -2.31. The minimum absolute atomic E-state index is 0.0283. The molecule has 0 radical (unpaired) electrons. The molecule has 1 fully saturated rings. The van der Waals surface area contributed by atoms with E-state index in [1.54, 1.807) is 24.3 Å². The first-order valence-corrected chi connectivity index (χ1v) is 16.7. The molecule has 11 heteroatoms. The number of piperidine rings is 1. The number of fused-ring (bicyclic) bond motifs is 3. The van der Waals surface area contributed by atoms with Crippen molar-refractivity contribution in [1.29, 1.82) is 0 Å². The second kappa shape index (κ2) is 16.0. The molecule has 0 aromatic heterocycles. The van der Waals surface area contributed by atoms with E-state index in [-0.39, 0.29) is 49.9 Å². The smallest absolute Gasteiger partial charge is 0.407 e. The fourth-order valence-electron chi connectivity index (χ4n) is 6.34. The van der Waals surface area contributed by atoms with Crippen LogP contribution in [0.4, 0.5) is 4.79 Å². The second-order valence-corrected chi connectivity index (χ2v) is 13.5. The molecule has 0 spiro atoms. The summed E-state index contributed by atoms with van der Waals surface area (Å²) in [6, 6.07) is 21.8. The van der Waals surface area contributed by atoms with Gasteiger partial charge in [-0.3, -0.25) is 14.5 Å². The molecule has 1 aliphatic carbocycles. The summed E-state index contributed by atoms with van der Waals surface area (Å²) in [6.07, 6.45) is 0.615. The van der Waals surface area contributed by atoms with E-state index in [0.717, 1.165) is 22.3 Å². The molecule has 1 saturated heterocycles. The number of aliphatic carboxylic acids is 1. The van der Waals surface area contributed by atoms with Crippen LogP contribution in [0, 0.1) is 5.92 Å². The normalized spacial score (nSPS) is 15.4. The molecule has 1 aliphatic heterocycles. The maximum Gasteiger partial charge on any atom is 0.407 e. The second-order valence-electron chi connectivity index (χ2n) is 13.5. The summed E-state index contributed by atoms with van der Waals surface area (Å²) >= 11 is 0. The quantitative estimate of drug-likeness (QED) is 0.173. The fraction of sp³-hybridized carbons (Fsp3) is 0.421. The monoisotopic (exact) mass is 671 g/mol. The van der Waals surface area contributed by atoms with E-state index in [1.165, 1.54) is 0 Å². The zero-order valence-electron chi connectivity index (χ0n) is 28.3. The topological polar surface area (TPSA) is 144 Å². The molecular weight excluding hydrogens is 626 g/mol. The molecule has 3 aromatic carbocycles. The molecule has 0 saturated carbocycles. The number of nitrogens with zero attached hydrogens (tertiary/aromatic N) is 1. The van der Waals surface area contributed by atoms with E-state index in [2.05, 4.69) is 10.6 Å². The first kappa shape index (κ1) is 35.4. The number of rotatable bonds is 13. The highest BCUT2D eigenvalue weighted by Gasteiger charge is 2.30. The number of nitrogens with one attached hydrogen (secondary N) is 2. The highest BCUT2D eigenvalue weighted by molar-refractivity contribution is 5.81. The number of carbonyl (C=O) groups is 4. The molecule has 1 atom stereocenters. The number of esters is 1. The average Bonchev–Trinajstić information content (AvgIpc) is 3.39. The number of likely N-dealkylation sites (tertiary alicyclic amines) is 1. The van der Waals surface area contributed by atoms with Crippen molar-refractivity contribution < 1.29 is 38.5 Å². The number of amides is 2. The molecule has 0 bridgehead atoms. The van der Waals surface area contributed by atoms with Crippen LogP contribution in [0.3, 0.4) is 0 Å². The predicted molar refractivity (Wildman–Crippen MR) is 183 cm³/mol. The predicted octanol–water partition coefficient (Wildman–Crippen LogP) is 4.77. The lowest BCUT2D eigenvalue weighted by molar-refractivity contribution is -0.156. The fourth-order valence-corrected chi connectivity index (χ4v) is 6.34. The molecule has 260 valence electrons. The zero-order valence-corrected chi connectivity index (χ0v) is 28.3. The van der Waals surface area contributed by atoms with Gasteiger partial charge in [0.05, 0.1) is 13.1 Å². The number of carboxylic acid groups (broad SMARTS) is 1. The van der Waals surface area contributed by atoms with Crippen molar-refractivity contribution in [1.82, 2.24) is 15.5 Å². The number of hydrogen-bond donors (Lipinski definition) is 3. The van der Waals surface area contributed by atoms with Crippen molar-refractivity contribution in [3.05, 3.63) is 89.5 Å². The Morgan fingerprint density at radius 2 is 1.51 bits per heavy atom. The first-order valence-electron chi connectivity index (χ1n) is 16.7. The highest BCUT2D eigenvalue weighted by Crippen LogP contribution is 2.44. The molecule has 2 aliphatic rings. The van der Waals surface area contributed by atoms with E-state index in [9.17, 15) is 24.3 Å². The van der Waals surface area contributed by atoms with Gasteiger partial charge in [-0.05, 0) is 86.7 Å². The van der Waals surface area contributed by atoms with Gasteiger partial charge in [0.1, 0.15) is 30.6 Å². The molecular formula is C38H45N3O8. The Morgan fingerprint density at radius 3 is 2.10 bits per heavy atom. The van der Waals surface area contributed by atoms with Crippen molar-refractivity contribution in [2.75, 3.05) is 39.4 Å². The lowest BCUT2D eigenvalue weighted by Crippen LogP contribution is -2.43. The van der Waals surface area contributed by atoms with Crippen LogP contribution in [0.5, 0.6) is 5.75 Å². The van der Waals surface area contributed by atoms with Gasteiger partial charge in [0.15, 0.2) is 0 Å². The van der Waals surface area contributed by atoms with Crippen LogP contribution < -0.4 is 15.4 Å². The summed E-state index contributed by atoms with van der Waals surface area (Å²) in [7, 11) is 0. The van der Waals surface area contributed by atoms with E-state index >= 15 is 0 Å². The van der Waals surface area contributed by atoms with Crippen LogP contribution in [0.25, 0.3) is 11.1 Å². The zero-order chi connectivity index (χ0) is 35.0. The van der Waals surface area contributed by atoms with Gasteiger partial charge in [0, 0.05) is 18.3 Å². The Hall–Kier alpha value is -4.90. The third kappa shape index (κ3) is 9.82. The largest absolute Gasteiger partial charge is 0.492 e. The number of alkyl carbamates (subject to hydrolysis) is 1. The van der Waals surface area contributed by atoms with Crippen molar-refractivity contribution in [2.45, 2.75) is 57.6 Å². The first-order chi connectivity index (χ1) is 23.5. The van der Waals surface area contributed by atoms with Crippen LogP contribution in [0.15, 0.2) is 72.8 Å². The summed E-state index contributed by atoms with van der Waals surface area (Å²) in [5.41, 5.74) is 4.55. The number of carboxylic acids is 1. The van der Waals surface area contributed by atoms with Gasteiger partial charge in [0.2, 0.25) is 5.91 Å². The van der Waals surface area contributed by atoms with Crippen LogP contribution in [0.2, 0.25) is 0 Å². The maximum absolute atomic E-state index is 12.7. The van der Waals surface area contributed by atoms with Gasteiger partial charge in [-0.15, -0.1) is 0 Å². The summed E-state index contributed by atoms with van der Waals surface area (Å²) in [5.74, 6) is -1.12. The molecule has 3 N–H and O–H groups in total. The summed E-state index contributed by atoms with van der Waals surface area (Å²) < 4.78 is 16.7. The van der Waals surface area contributed by atoms with Crippen LogP contribution in [0.1, 0.15) is 56.2 Å². The van der Waals surface area contributed by atoms with E-state index in [1.807, 2.05) is 74.2 Å². The number of hydrogen-bond acceptors (Lipinski definition) is 8. The number of ether oxygens (including phenoxy) is 3. The van der Waals surface area contributed by atoms with Crippen molar-refractivity contribution in [3.63, 3.8) is 0 Å². The minimum Gasteiger partial charge on any atom is -0.492 e. The Labute approximate surface area is 286 Å². The lowest BCUT2D eigenvalue weighted by atomic mass is 9.96. The standard InChI is InChI=1S/C38H45N3O8/c1-38(2,3)49-34(42)23-41-19-16-26(17-20-41)35(43)39-18-21-47-27-14-12-25(13-15-27)22-33(36(44)45)40-37(46)48-24-32-30-10-6-4-8-28(30)29-9-5-7-11-31(29)32/h4-15,26,32-33H,16-24H2,1-3H3,(H,39,43)(H,40,46)(H,44,45). The highest BCUT2D eigenvalue weighted by atomic mass is 16.6. The van der Waals surface area contributed by atoms with E-state index in [0.29, 0.717) is 43.8 Å². The van der Waals surface area contributed by atoms with Gasteiger partial charge in [-0.1, -0.05) is 60.7 Å². The molecule has 1 heterocycles. The molecule has 11 nitrogen and oxygen atoms in total. The van der Waals surface area contributed by atoms with Gasteiger partial charge in [0.25, 0.3) is 0 Å². The molecule has 2 amide bonds. The minimum atomic E-state index is -1.18. The van der Waals surface area contributed by atoms with Crippen LogP contribution in [-0.4, -0.2) is 85.0 Å². The van der Waals surface area contributed by atoms with Crippen molar-refractivity contribution >= 4 is 23.9 Å². The molecule has 49 heavy (non-hydrogen) atoms.